The van der Waals surface area contributed by atoms with Crippen LogP contribution in [0.15, 0.2) is 11.8 Å². The maximum absolute atomic E-state index is 3.82. The molecule has 0 aromatic heterocycles. The molecular weight excluding hydrogens is 76.1 g/mol. The van der Waals surface area contributed by atoms with Gasteiger partial charge in [-0.2, -0.15) is 0 Å². The molecule has 0 radical (unpaired) electrons. The molecule has 28 valence electrons. The molecule has 0 spiro atoms. The van der Waals surface area contributed by atoms with Gasteiger partial charge in [0.05, 0.1) is 0 Å². The van der Waals surface area contributed by atoms with Crippen molar-refractivity contribution in [1.82, 2.24) is 0 Å². The van der Waals surface area contributed by atoms with E-state index in [1.807, 2.05) is 0 Å². The van der Waals surface area contributed by atoms with Crippen molar-refractivity contribution in [2.75, 3.05) is 0 Å². The van der Waals surface area contributed by atoms with Gasteiger partial charge in [0, 0.05) is 9.52 Å². The Balaban J connectivity index is 2.32. The Morgan fingerprint density at radius 3 is 2.20 bits per heavy atom. The summed E-state index contributed by atoms with van der Waals surface area (Å²) in [5, 5.41) is 1.57. The van der Waals surface area contributed by atoms with Crippen LogP contribution in [-0.2, 0) is 0 Å². The lowest BCUT2D eigenvalue weighted by Crippen LogP contribution is -2.05. The third-order valence-electron chi connectivity index (χ3n) is 1.06. The van der Waals surface area contributed by atoms with Crippen molar-refractivity contribution in [2.45, 2.75) is 12.5 Å². The Bertz CT molecular complexity index is 50.7. The number of hydrogen-bond acceptors (Lipinski definition) is 0. The van der Waals surface area contributed by atoms with E-state index in [2.05, 4.69) is 6.58 Å². The van der Waals surface area contributed by atoms with Crippen molar-refractivity contribution >= 4 is 9.52 Å². The molecule has 1 saturated heterocycles. The van der Waals surface area contributed by atoms with E-state index in [9.17, 15) is 0 Å². The Labute approximate surface area is 34.7 Å². The van der Waals surface area contributed by atoms with E-state index in [0.29, 0.717) is 9.52 Å². The third kappa shape index (κ3) is 0.427. The van der Waals surface area contributed by atoms with Gasteiger partial charge in [-0.25, -0.2) is 0 Å². The molecule has 0 atom stereocenters. The summed E-state index contributed by atoms with van der Waals surface area (Å²) < 4.78 is 0. The highest BCUT2D eigenvalue weighted by molar-refractivity contribution is 6.49. The Hall–Kier alpha value is -0.0431. The fraction of sp³-hybridized carbons (Fsp3) is 0.500. The van der Waals surface area contributed by atoms with E-state index >= 15 is 0 Å². The molecule has 1 aliphatic heterocycles. The van der Waals surface area contributed by atoms with E-state index in [4.69, 9.17) is 0 Å². The first-order valence-corrected chi connectivity index (χ1v) is 3.77. The van der Waals surface area contributed by atoms with Crippen LogP contribution < -0.4 is 0 Å². The summed E-state index contributed by atoms with van der Waals surface area (Å²) in [4.78, 5) is 0. The quantitative estimate of drug-likeness (QED) is 0.375. The maximum Gasteiger partial charge on any atom is 0.0490 e. The van der Waals surface area contributed by atoms with Gasteiger partial charge in [0.2, 0.25) is 0 Å². The fourth-order valence-corrected chi connectivity index (χ4v) is 1.28. The zero-order chi connectivity index (χ0) is 3.70. The molecule has 1 heteroatoms. The molecule has 0 aromatic rings. The van der Waals surface area contributed by atoms with Crippen molar-refractivity contribution in [1.29, 1.82) is 0 Å². The highest BCUT2D eigenvalue weighted by Crippen LogP contribution is 2.13. The number of hydrogen-bond donors (Lipinski definition) is 0. The van der Waals surface area contributed by atoms with Crippen LogP contribution in [0.2, 0.25) is 6.04 Å². The summed E-state index contributed by atoms with van der Waals surface area (Å²) in [7, 11) is 0.335. The van der Waals surface area contributed by atoms with Crippen molar-refractivity contribution in [3.8, 4) is 0 Å². The van der Waals surface area contributed by atoms with Crippen LogP contribution >= 0.6 is 0 Å². The van der Waals surface area contributed by atoms with Crippen molar-refractivity contribution in [3.63, 3.8) is 0 Å². The van der Waals surface area contributed by atoms with Crippen molar-refractivity contribution in [3.05, 3.63) is 11.8 Å². The van der Waals surface area contributed by atoms with Crippen LogP contribution in [0.4, 0.5) is 0 Å². The molecule has 1 rings (SSSR count). The lowest BCUT2D eigenvalue weighted by atomic mass is 10.4. The zero-order valence-corrected chi connectivity index (χ0v) is 4.74. The van der Waals surface area contributed by atoms with Gasteiger partial charge >= 0.3 is 0 Å². The van der Waals surface area contributed by atoms with Gasteiger partial charge in [0.15, 0.2) is 0 Å². The molecule has 0 aromatic carbocycles. The van der Waals surface area contributed by atoms with Crippen LogP contribution in [-0.4, -0.2) is 9.52 Å². The normalized spacial score (nSPS) is 26.8. The standard InChI is InChI=1S/C4H8Si/c1-4-2-3-5-4/h1-3,5H2. The summed E-state index contributed by atoms with van der Waals surface area (Å²) >= 11 is 0. The minimum Gasteiger partial charge on any atom is -0.104 e. The van der Waals surface area contributed by atoms with Gasteiger partial charge in [0.1, 0.15) is 0 Å². The summed E-state index contributed by atoms with van der Waals surface area (Å²) in [5.74, 6) is 0. The van der Waals surface area contributed by atoms with E-state index in [1.54, 1.807) is 5.20 Å². The molecule has 5 heavy (non-hydrogen) atoms. The third-order valence-corrected chi connectivity index (χ3v) is 2.83. The second kappa shape index (κ2) is 0.975. The minimum atomic E-state index is 0.335. The molecule has 0 amide bonds. The van der Waals surface area contributed by atoms with Crippen LogP contribution in [0.1, 0.15) is 6.42 Å². The monoisotopic (exact) mass is 84.0 g/mol. The minimum absolute atomic E-state index is 0.335. The van der Waals surface area contributed by atoms with E-state index < -0.39 is 0 Å². The molecule has 1 aliphatic rings. The van der Waals surface area contributed by atoms with E-state index in [1.165, 1.54) is 12.5 Å². The predicted molar refractivity (Wildman–Crippen MR) is 27.1 cm³/mol. The topological polar surface area (TPSA) is 0 Å². The van der Waals surface area contributed by atoms with E-state index in [-0.39, 0.29) is 0 Å². The summed E-state index contributed by atoms with van der Waals surface area (Å²) in [5.41, 5.74) is 0. The molecule has 0 aliphatic carbocycles. The summed E-state index contributed by atoms with van der Waals surface area (Å²) in [6, 6.07) is 1.53. The first kappa shape index (κ1) is 3.16. The molecule has 0 saturated carbocycles. The Morgan fingerprint density at radius 1 is 1.80 bits per heavy atom. The second-order valence-electron chi connectivity index (χ2n) is 1.60. The Morgan fingerprint density at radius 2 is 2.20 bits per heavy atom. The first-order chi connectivity index (χ1) is 2.39. The van der Waals surface area contributed by atoms with Crippen LogP contribution in [0.3, 0.4) is 0 Å². The van der Waals surface area contributed by atoms with Gasteiger partial charge in [-0.05, 0) is 6.42 Å². The van der Waals surface area contributed by atoms with E-state index in [0.717, 1.165) is 0 Å². The van der Waals surface area contributed by atoms with Gasteiger partial charge in [-0.3, -0.25) is 0 Å². The average Bonchev–Trinajstić information content (AvgIpc) is 1.30. The lowest BCUT2D eigenvalue weighted by Gasteiger charge is -2.11. The van der Waals surface area contributed by atoms with Gasteiger partial charge in [-0.1, -0.05) is 11.2 Å². The zero-order valence-electron chi connectivity index (χ0n) is 3.33. The fourth-order valence-electron chi connectivity index (χ4n) is 0.427. The van der Waals surface area contributed by atoms with Crippen molar-refractivity contribution in [2.24, 2.45) is 0 Å². The molecule has 0 unspecified atom stereocenters. The number of rotatable bonds is 0. The summed E-state index contributed by atoms with van der Waals surface area (Å²) in [6.45, 7) is 3.82. The van der Waals surface area contributed by atoms with Gasteiger partial charge in [0.25, 0.3) is 0 Å². The molecule has 1 heterocycles. The average molecular weight is 84.2 g/mol. The van der Waals surface area contributed by atoms with Gasteiger partial charge < -0.3 is 0 Å². The predicted octanol–water partition coefficient (Wildman–Crippen LogP) is 0.491. The molecule has 0 bridgehead atoms. The summed E-state index contributed by atoms with van der Waals surface area (Å²) in [6.07, 6.45) is 1.35. The maximum atomic E-state index is 3.82. The smallest absolute Gasteiger partial charge is 0.0490 e. The van der Waals surface area contributed by atoms with Crippen molar-refractivity contribution < 1.29 is 0 Å². The van der Waals surface area contributed by atoms with Crippen LogP contribution in [0.5, 0.6) is 0 Å². The Kier molecular flexibility index (Phi) is 0.616. The SMILES string of the molecule is C=C1CC[SiH2]1. The molecule has 0 nitrogen and oxygen atoms in total. The first-order valence-electron chi connectivity index (χ1n) is 2.06. The van der Waals surface area contributed by atoms with Crippen LogP contribution in [0, 0.1) is 0 Å². The highest BCUT2D eigenvalue weighted by Gasteiger charge is 2.03. The largest absolute Gasteiger partial charge is 0.104 e. The molecule has 0 N–H and O–H groups in total. The lowest BCUT2D eigenvalue weighted by molar-refractivity contribution is 1.10. The van der Waals surface area contributed by atoms with Gasteiger partial charge in [-0.15, -0.1) is 6.58 Å². The number of allylic oxidation sites excluding steroid dienone is 1. The molecular formula is C4H8Si. The van der Waals surface area contributed by atoms with Crippen LogP contribution in [0.25, 0.3) is 0 Å². The highest BCUT2D eigenvalue weighted by atomic mass is 28.2. The second-order valence-corrected chi connectivity index (χ2v) is 3.81. The molecule has 1 fully saturated rings.